The van der Waals surface area contributed by atoms with E-state index in [2.05, 4.69) is 0 Å². The quantitative estimate of drug-likeness (QED) is 0.845. The van der Waals surface area contributed by atoms with Gasteiger partial charge in [0.15, 0.2) is 5.78 Å². The number of hydrogen-bond donors (Lipinski definition) is 1. The zero-order chi connectivity index (χ0) is 18.3. The Morgan fingerprint density at radius 3 is 2.35 bits per heavy atom. The Hall–Kier alpha value is -2.59. The van der Waals surface area contributed by atoms with Crippen LogP contribution in [0.1, 0.15) is 37.2 Å². The minimum absolute atomic E-state index is 0.0288. The van der Waals surface area contributed by atoms with E-state index in [1.807, 2.05) is 12.1 Å². The minimum Gasteiger partial charge on any atom is -0.508 e. The molecular weight excluding hydrogens is 350 g/mol. The summed E-state index contributed by atoms with van der Waals surface area (Å²) < 4.78 is 0. The fraction of sp³-hybridized carbons (Fsp3) is 0.238. The first kappa shape index (κ1) is 16.9. The first-order valence-electron chi connectivity index (χ1n) is 8.68. The number of ketones is 1. The van der Waals surface area contributed by atoms with Gasteiger partial charge in [-0.1, -0.05) is 23.7 Å². The Balaban J connectivity index is 1.84. The number of aromatic hydroxyl groups is 1. The number of Topliss-reactive ketones (excluding diaryl/α,β-unsaturated/α-hetero) is 1. The Kier molecular flexibility index (Phi) is 4.29. The summed E-state index contributed by atoms with van der Waals surface area (Å²) in [5, 5.41) is 10.1. The number of halogens is 1. The lowest BCUT2D eigenvalue weighted by Gasteiger charge is -2.38. The summed E-state index contributed by atoms with van der Waals surface area (Å²) in [6, 6.07) is 13.9. The van der Waals surface area contributed by atoms with Crippen molar-refractivity contribution in [2.24, 2.45) is 0 Å². The van der Waals surface area contributed by atoms with Gasteiger partial charge in [-0.25, -0.2) is 0 Å². The van der Waals surface area contributed by atoms with E-state index in [0.29, 0.717) is 17.9 Å². The zero-order valence-corrected chi connectivity index (χ0v) is 14.9. The number of hydrogen-bond acceptors (Lipinski definition) is 3. The van der Waals surface area contributed by atoms with Crippen molar-refractivity contribution in [1.29, 1.82) is 0 Å². The molecular formula is C21H18ClNO3. The molecule has 1 heterocycles. The predicted octanol–water partition coefficient (Wildman–Crippen LogP) is 4.57. The molecule has 1 unspecified atom stereocenters. The van der Waals surface area contributed by atoms with Gasteiger partial charge in [0.1, 0.15) is 5.75 Å². The average Bonchev–Trinajstić information content (AvgIpc) is 2.63. The van der Waals surface area contributed by atoms with Gasteiger partial charge < -0.3 is 5.11 Å². The molecule has 1 aliphatic heterocycles. The maximum atomic E-state index is 13.0. The number of allylic oxidation sites excluding steroid dienone is 2. The normalized spacial score (nSPS) is 20.3. The molecule has 1 amide bonds. The summed E-state index contributed by atoms with van der Waals surface area (Å²) in [6.07, 6.45) is 2.19. The molecule has 0 spiro atoms. The van der Waals surface area contributed by atoms with Crippen molar-refractivity contribution < 1.29 is 14.7 Å². The monoisotopic (exact) mass is 367 g/mol. The van der Waals surface area contributed by atoms with E-state index in [1.54, 1.807) is 41.3 Å². The molecule has 0 bridgehead atoms. The maximum absolute atomic E-state index is 13.0. The van der Waals surface area contributed by atoms with Gasteiger partial charge in [-0.05, 0) is 54.8 Å². The van der Waals surface area contributed by atoms with Crippen LogP contribution in [-0.4, -0.2) is 16.8 Å². The van der Waals surface area contributed by atoms with Crippen LogP contribution in [0.5, 0.6) is 5.75 Å². The third-order valence-electron chi connectivity index (χ3n) is 5.06. The van der Waals surface area contributed by atoms with Gasteiger partial charge in [0, 0.05) is 40.7 Å². The van der Waals surface area contributed by atoms with Crippen LogP contribution in [0.2, 0.25) is 5.02 Å². The summed E-state index contributed by atoms with van der Waals surface area (Å²) in [4.78, 5) is 27.4. The summed E-state index contributed by atoms with van der Waals surface area (Å²) in [6.45, 7) is 0. The van der Waals surface area contributed by atoms with Crippen LogP contribution in [0.3, 0.4) is 0 Å². The Morgan fingerprint density at radius 1 is 0.962 bits per heavy atom. The van der Waals surface area contributed by atoms with E-state index in [9.17, 15) is 14.7 Å². The second kappa shape index (κ2) is 6.61. The smallest absolute Gasteiger partial charge is 0.232 e. The van der Waals surface area contributed by atoms with Crippen molar-refractivity contribution in [3.05, 3.63) is 70.4 Å². The number of carbonyl (C=O) groups is 2. The van der Waals surface area contributed by atoms with Crippen LogP contribution in [0, 0.1) is 0 Å². The van der Waals surface area contributed by atoms with Gasteiger partial charge in [-0.3, -0.25) is 14.5 Å². The van der Waals surface area contributed by atoms with E-state index in [1.165, 1.54) is 0 Å². The Labute approximate surface area is 156 Å². The standard InChI is InChI=1S/C21H18ClNO3/c22-14-6-8-15(9-7-14)23-18-2-1-3-19(25)21(18)17(12-20(23)26)13-4-10-16(24)11-5-13/h4-11,17,24H,1-3,12H2. The summed E-state index contributed by atoms with van der Waals surface area (Å²) in [7, 11) is 0. The molecule has 0 saturated heterocycles. The van der Waals surface area contributed by atoms with E-state index >= 15 is 0 Å². The molecule has 26 heavy (non-hydrogen) atoms. The van der Waals surface area contributed by atoms with Crippen molar-refractivity contribution >= 4 is 29.0 Å². The van der Waals surface area contributed by atoms with Crippen LogP contribution >= 0.6 is 11.6 Å². The first-order chi connectivity index (χ1) is 12.5. The molecule has 0 saturated carbocycles. The highest BCUT2D eigenvalue weighted by Gasteiger charge is 2.39. The van der Waals surface area contributed by atoms with Gasteiger partial charge in [-0.2, -0.15) is 0 Å². The molecule has 2 aromatic rings. The summed E-state index contributed by atoms with van der Waals surface area (Å²) in [5.41, 5.74) is 3.16. The molecule has 132 valence electrons. The lowest BCUT2D eigenvalue weighted by atomic mass is 9.77. The molecule has 1 aliphatic carbocycles. The van der Waals surface area contributed by atoms with Crippen LogP contribution in [0.25, 0.3) is 0 Å². The van der Waals surface area contributed by atoms with Crippen molar-refractivity contribution in [3.8, 4) is 5.75 Å². The van der Waals surface area contributed by atoms with Crippen molar-refractivity contribution in [1.82, 2.24) is 0 Å². The highest BCUT2D eigenvalue weighted by molar-refractivity contribution is 6.30. The van der Waals surface area contributed by atoms with Crippen molar-refractivity contribution in [2.45, 2.75) is 31.6 Å². The number of carbonyl (C=O) groups excluding carboxylic acids is 2. The van der Waals surface area contributed by atoms with Crippen LogP contribution in [0.4, 0.5) is 5.69 Å². The zero-order valence-electron chi connectivity index (χ0n) is 14.1. The highest BCUT2D eigenvalue weighted by Crippen LogP contribution is 2.43. The molecule has 0 radical (unpaired) electrons. The lowest BCUT2D eigenvalue weighted by molar-refractivity contribution is -0.119. The first-order valence-corrected chi connectivity index (χ1v) is 9.06. The molecule has 4 rings (SSSR count). The van der Waals surface area contributed by atoms with Gasteiger partial charge in [0.2, 0.25) is 5.91 Å². The number of benzene rings is 2. The third kappa shape index (κ3) is 2.90. The molecule has 2 aliphatic rings. The second-order valence-corrected chi connectivity index (χ2v) is 7.13. The molecule has 0 fully saturated rings. The van der Waals surface area contributed by atoms with E-state index in [-0.39, 0.29) is 29.8 Å². The molecule has 5 heteroatoms. The Morgan fingerprint density at radius 2 is 1.65 bits per heavy atom. The number of phenolic OH excluding ortho intramolecular Hbond substituents is 1. The van der Waals surface area contributed by atoms with Gasteiger partial charge in [0.25, 0.3) is 0 Å². The number of nitrogens with zero attached hydrogens (tertiary/aromatic N) is 1. The molecule has 0 aromatic heterocycles. The molecule has 2 aromatic carbocycles. The number of phenols is 1. The van der Waals surface area contributed by atoms with Crippen LogP contribution in [-0.2, 0) is 9.59 Å². The lowest BCUT2D eigenvalue weighted by Crippen LogP contribution is -2.40. The van der Waals surface area contributed by atoms with E-state index in [4.69, 9.17) is 11.6 Å². The Bertz CT molecular complexity index is 900. The van der Waals surface area contributed by atoms with Crippen molar-refractivity contribution in [3.63, 3.8) is 0 Å². The number of amides is 1. The van der Waals surface area contributed by atoms with Gasteiger partial charge in [-0.15, -0.1) is 0 Å². The highest BCUT2D eigenvalue weighted by atomic mass is 35.5. The van der Waals surface area contributed by atoms with Crippen LogP contribution in [0.15, 0.2) is 59.8 Å². The number of anilines is 1. The summed E-state index contributed by atoms with van der Waals surface area (Å²) >= 11 is 5.97. The fourth-order valence-corrected chi connectivity index (χ4v) is 4.00. The second-order valence-electron chi connectivity index (χ2n) is 6.69. The molecule has 1 atom stereocenters. The topological polar surface area (TPSA) is 57.6 Å². The largest absolute Gasteiger partial charge is 0.508 e. The van der Waals surface area contributed by atoms with E-state index in [0.717, 1.165) is 28.9 Å². The predicted molar refractivity (Wildman–Crippen MR) is 100 cm³/mol. The fourth-order valence-electron chi connectivity index (χ4n) is 3.87. The third-order valence-corrected chi connectivity index (χ3v) is 5.31. The molecule has 4 nitrogen and oxygen atoms in total. The van der Waals surface area contributed by atoms with E-state index < -0.39 is 0 Å². The van der Waals surface area contributed by atoms with Gasteiger partial charge >= 0.3 is 0 Å². The maximum Gasteiger partial charge on any atom is 0.232 e. The van der Waals surface area contributed by atoms with Crippen LogP contribution < -0.4 is 4.90 Å². The molecule has 1 N–H and O–H groups in total. The minimum atomic E-state index is -0.255. The SMILES string of the molecule is O=C1CCCC2=C1C(c1ccc(O)cc1)CC(=O)N2c1ccc(Cl)cc1. The average molecular weight is 368 g/mol. The summed E-state index contributed by atoms with van der Waals surface area (Å²) in [5.74, 6) is -0.00747. The van der Waals surface area contributed by atoms with Crippen molar-refractivity contribution in [2.75, 3.05) is 4.90 Å². The number of rotatable bonds is 2. The van der Waals surface area contributed by atoms with Gasteiger partial charge in [0.05, 0.1) is 0 Å².